The fourth-order valence-corrected chi connectivity index (χ4v) is 2.19. The summed E-state index contributed by atoms with van der Waals surface area (Å²) in [6, 6.07) is 0.327. The topological polar surface area (TPSA) is 50.4 Å². The van der Waals surface area contributed by atoms with Gasteiger partial charge in [0.15, 0.2) is 0 Å². The molecule has 102 valence electrons. The third-order valence-electron chi connectivity index (χ3n) is 3.22. The van der Waals surface area contributed by atoms with Gasteiger partial charge in [-0.15, -0.1) is 12.4 Å². The van der Waals surface area contributed by atoms with Crippen LogP contribution >= 0.6 is 12.4 Å². The number of amides is 1. The maximum absolute atomic E-state index is 11.6. The average molecular weight is 265 g/mol. The van der Waals surface area contributed by atoms with E-state index in [9.17, 15) is 4.79 Å². The van der Waals surface area contributed by atoms with Gasteiger partial charge in [-0.2, -0.15) is 0 Å². The number of rotatable bonds is 6. The summed E-state index contributed by atoms with van der Waals surface area (Å²) in [5.41, 5.74) is 0. The summed E-state index contributed by atoms with van der Waals surface area (Å²) in [5, 5.41) is 6.13. The molecule has 0 aromatic heterocycles. The lowest BCUT2D eigenvalue weighted by atomic mass is 9.90. The van der Waals surface area contributed by atoms with Crippen molar-refractivity contribution < 1.29 is 9.53 Å². The van der Waals surface area contributed by atoms with Gasteiger partial charge in [0.05, 0.1) is 0 Å². The van der Waals surface area contributed by atoms with E-state index in [1.807, 2.05) is 7.05 Å². The summed E-state index contributed by atoms with van der Waals surface area (Å²) in [5.74, 6) is 0.755. The van der Waals surface area contributed by atoms with E-state index in [4.69, 9.17) is 4.74 Å². The molecule has 0 radical (unpaired) electrons. The van der Waals surface area contributed by atoms with Gasteiger partial charge in [0.25, 0.3) is 0 Å². The molecule has 0 aromatic carbocycles. The fraction of sp³-hybridized carbons (Fsp3) is 0.917. The molecule has 1 fully saturated rings. The van der Waals surface area contributed by atoms with Crippen LogP contribution in [0, 0.1) is 5.92 Å². The maximum Gasteiger partial charge on any atom is 0.221 e. The van der Waals surface area contributed by atoms with Crippen molar-refractivity contribution in [2.45, 2.75) is 38.6 Å². The van der Waals surface area contributed by atoms with E-state index in [1.165, 1.54) is 0 Å². The largest absolute Gasteiger partial charge is 0.381 e. The molecule has 0 bridgehead atoms. The molecular formula is C12H25ClN2O2. The number of nitrogens with one attached hydrogen (secondary N) is 2. The Hall–Kier alpha value is -0.320. The Labute approximate surface area is 110 Å². The smallest absolute Gasteiger partial charge is 0.221 e. The zero-order chi connectivity index (χ0) is 11.8. The summed E-state index contributed by atoms with van der Waals surface area (Å²) in [6.07, 6.45) is 3.72. The first-order valence-electron chi connectivity index (χ1n) is 6.29. The van der Waals surface area contributed by atoms with Crippen LogP contribution in [0.25, 0.3) is 0 Å². The van der Waals surface area contributed by atoms with Crippen molar-refractivity contribution >= 4 is 18.3 Å². The van der Waals surface area contributed by atoms with Crippen LogP contribution < -0.4 is 10.6 Å². The summed E-state index contributed by atoms with van der Waals surface area (Å²) in [7, 11) is 1.86. The summed E-state index contributed by atoms with van der Waals surface area (Å²) in [4.78, 5) is 11.6. The molecule has 1 amide bonds. The molecule has 1 unspecified atom stereocenters. The number of carbonyl (C=O) groups is 1. The van der Waals surface area contributed by atoms with Crippen molar-refractivity contribution in [1.29, 1.82) is 0 Å². The molecule has 5 heteroatoms. The van der Waals surface area contributed by atoms with Crippen molar-refractivity contribution in [3.63, 3.8) is 0 Å². The van der Waals surface area contributed by atoms with Gasteiger partial charge in [0.2, 0.25) is 5.91 Å². The zero-order valence-corrected chi connectivity index (χ0v) is 11.6. The van der Waals surface area contributed by atoms with Crippen LogP contribution in [0.3, 0.4) is 0 Å². The minimum atomic E-state index is 0. The second-order valence-corrected chi connectivity index (χ2v) is 4.39. The average Bonchev–Trinajstić information content (AvgIpc) is 2.34. The van der Waals surface area contributed by atoms with Gasteiger partial charge in [-0.1, -0.05) is 6.92 Å². The van der Waals surface area contributed by atoms with Gasteiger partial charge in [0.1, 0.15) is 0 Å². The van der Waals surface area contributed by atoms with Gasteiger partial charge in [-0.25, -0.2) is 0 Å². The van der Waals surface area contributed by atoms with Crippen LogP contribution in [0.5, 0.6) is 0 Å². The molecule has 2 N–H and O–H groups in total. The number of hydrogen-bond acceptors (Lipinski definition) is 3. The van der Waals surface area contributed by atoms with Crippen molar-refractivity contribution in [1.82, 2.24) is 10.6 Å². The Morgan fingerprint density at radius 1 is 1.41 bits per heavy atom. The van der Waals surface area contributed by atoms with E-state index in [1.54, 1.807) is 0 Å². The highest BCUT2D eigenvalue weighted by molar-refractivity contribution is 5.85. The van der Waals surface area contributed by atoms with E-state index < -0.39 is 0 Å². The van der Waals surface area contributed by atoms with Crippen molar-refractivity contribution in [2.75, 3.05) is 26.8 Å². The summed E-state index contributed by atoms with van der Waals surface area (Å²) in [6.45, 7) is 4.57. The highest BCUT2D eigenvalue weighted by atomic mass is 35.5. The standard InChI is InChI=1S/C12H24N2O2.ClH/c1-3-11(10-5-8-16-9-6-10)14-12(15)4-7-13-2;/h10-11,13H,3-9H2,1-2H3,(H,14,15);1H. The molecule has 0 saturated carbocycles. The first kappa shape index (κ1) is 16.7. The van der Waals surface area contributed by atoms with Gasteiger partial charge in [0, 0.05) is 32.2 Å². The minimum absolute atomic E-state index is 0. The molecule has 0 aliphatic carbocycles. The Morgan fingerprint density at radius 2 is 2.06 bits per heavy atom. The fourth-order valence-electron chi connectivity index (χ4n) is 2.19. The minimum Gasteiger partial charge on any atom is -0.381 e. The lowest BCUT2D eigenvalue weighted by molar-refractivity contribution is -0.122. The van der Waals surface area contributed by atoms with Gasteiger partial charge >= 0.3 is 0 Å². The first-order chi connectivity index (χ1) is 7.77. The highest BCUT2D eigenvalue weighted by Crippen LogP contribution is 2.20. The summed E-state index contributed by atoms with van der Waals surface area (Å²) < 4.78 is 5.34. The Kier molecular flexibility index (Phi) is 9.50. The van der Waals surface area contributed by atoms with Gasteiger partial charge in [-0.3, -0.25) is 4.79 Å². The van der Waals surface area contributed by atoms with E-state index in [0.29, 0.717) is 18.4 Å². The lowest BCUT2D eigenvalue weighted by Crippen LogP contribution is -2.42. The molecule has 1 saturated heterocycles. The van der Waals surface area contributed by atoms with Crippen LogP contribution in [-0.4, -0.2) is 38.8 Å². The van der Waals surface area contributed by atoms with Crippen LogP contribution in [0.1, 0.15) is 32.6 Å². The van der Waals surface area contributed by atoms with E-state index in [0.717, 1.165) is 39.0 Å². The van der Waals surface area contributed by atoms with E-state index in [-0.39, 0.29) is 18.3 Å². The monoisotopic (exact) mass is 264 g/mol. The van der Waals surface area contributed by atoms with Crippen molar-refractivity contribution in [3.8, 4) is 0 Å². The molecule has 1 aliphatic heterocycles. The molecular weight excluding hydrogens is 240 g/mol. The predicted molar refractivity (Wildman–Crippen MR) is 71.6 cm³/mol. The molecule has 17 heavy (non-hydrogen) atoms. The first-order valence-corrected chi connectivity index (χ1v) is 6.29. The van der Waals surface area contributed by atoms with Crippen molar-refractivity contribution in [2.24, 2.45) is 5.92 Å². The second kappa shape index (κ2) is 9.68. The zero-order valence-electron chi connectivity index (χ0n) is 10.8. The second-order valence-electron chi connectivity index (χ2n) is 4.39. The quantitative estimate of drug-likeness (QED) is 0.761. The van der Waals surface area contributed by atoms with Gasteiger partial charge < -0.3 is 15.4 Å². The molecule has 0 aromatic rings. The van der Waals surface area contributed by atoms with Crippen LogP contribution in [-0.2, 0) is 9.53 Å². The van der Waals surface area contributed by atoms with Crippen molar-refractivity contribution in [3.05, 3.63) is 0 Å². The van der Waals surface area contributed by atoms with E-state index >= 15 is 0 Å². The molecule has 1 rings (SSSR count). The normalized spacial score (nSPS) is 18.2. The summed E-state index contributed by atoms with van der Waals surface area (Å²) >= 11 is 0. The molecule has 1 heterocycles. The van der Waals surface area contributed by atoms with Crippen LogP contribution in [0.15, 0.2) is 0 Å². The highest BCUT2D eigenvalue weighted by Gasteiger charge is 2.23. The number of carbonyl (C=O) groups excluding carboxylic acids is 1. The number of ether oxygens (including phenoxy) is 1. The Bertz CT molecular complexity index is 209. The predicted octanol–water partition coefficient (Wildman–Crippen LogP) is 1.34. The Balaban J connectivity index is 0.00000256. The third-order valence-corrected chi connectivity index (χ3v) is 3.22. The maximum atomic E-state index is 11.6. The SMILES string of the molecule is CCC(NC(=O)CCNC)C1CCOCC1.Cl. The molecule has 1 aliphatic rings. The molecule has 4 nitrogen and oxygen atoms in total. The van der Waals surface area contributed by atoms with Gasteiger partial charge in [-0.05, 0) is 32.2 Å². The van der Waals surface area contributed by atoms with Crippen LogP contribution in [0.2, 0.25) is 0 Å². The number of halogens is 1. The third kappa shape index (κ3) is 6.24. The van der Waals surface area contributed by atoms with E-state index in [2.05, 4.69) is 17.6 Å². The lowest BCUT2D eigenvalue weighted by Gasteiger charge is -2.30. The Morgan fingerprint density at radius 3 is 2.59 bits per heavy atom. The molecule has 0 spiro atoms. The van der Waals surface area contributed by atoms with Crippen LogP contribution in [0.4, 0.5) is 0 Å². The molecule has 1 atom stereocenters. The number of hydrogen-bond donors (Lipinski definition) is 2.